The molecular weight excluding hydrogens is 459 g/mol. The number of sulfone groups is 1. The Labute approximate surface area is 168 Å². The molecule has 0 heterocycles. The molecule has 1 atom stereocenters. The molecule has 0 aliphatic heterocycles. The number of hydrogen-bond acceptors (Lipinski definition) is 5. The topological polar surface area (TPSA) is 109 Å². The molecule has 0 aliphatic carbocycles. The molecule has 1 unspecified atom stereocenters. The number of nitrogens with one attached hydrogen (secondary N) is 3. The first-order valence-electron chi connectivity index (χ1n) is 8.12. The highest BCUT2D eigenvalue weighted by Gasteiger charge is 2.15. The first kappa shape index (κ1) is 26.4. The van der Waals surface area contributed by atoms with Crippen molar-refractivity contribution in [3.63, 3.8) is 0 Å². The van der Waals surface area contributed by atoms with Crippen LogP contribution in [0.15, 0.2) is 4.99 Å². The zero-order valence-corrected chi connectivity index (χ0v) is 19.2. The molecule has 0 aromatic heterocycles. The quantitative estimate of drug-likeness (QED) is 0.205. The van der Waals surface area contributed by atoms with E-state index in [1.807, 2.05) is 13.8 Å². The second kappa shape index (κ2) is 12.6. The summed E-state index contributed by atoms with van der Waals surface area (Å²) in [6.45, 7) is 10.7. The molecule has 0 saturated heterocycles. The summed E-state index contributed by atoms with van der Waals surface area (Å²) in [5.74, 6) is 0.713. The van der Waals surface area contributed by atoms with Gasteiger partial charge < -0.3 is 20.7 Å². The number of amides is 1. The molecule has 0 rings (SSSR count). The molecule has 25 heavy (non-hydrogen) atoms. The molecule has 0 radical (unpaired) electrons. The largest absolute Gasteiger partial charge is 0.444 e. The molecule has 150 valence electrons. The average Bonchev–Trinajstić information content (AvgIpc) is 2.38. The fourth-order valence-corrected chi connectivity index (χ4v) is 2.44. The van der Waals surface area contributed by atoms with Crippen LogP contribution in [0.1, 0.15) is 41.0 Å². The van der Waals surface area contributed by atoms with E-state index in [1.165, 1.54) is 6.26 Å². The molecule has 3 N–H and O–H groups in total. The molecule has 0 spiro atoms. The highest BCUT2D eigenvalue weighted by Crippen LogP contribution is 2.06. The van der Waals surface area contributed by atoms with Crippen LogP contribution in [-0.2, 0) is 14.6 Å². The summed E-state index contributed by atoms with van der Waals surface area (Å²) in [6.07, 6.45) is 1.25. The third-order valence-electron chi connectivity index (χ3n) is 2.70. The van der Waals surface area contributed by atoms with E-state index in [0.717, 1.165) is 0 Å². The number of rotatable bonds is 8. The minimum Gasteiger partial charge on any atom is -0.444 e. The maximum absolute atomic E-state index is 11.5. The van der Waals surface area contributed by atoms with Crippen LogP contribution in [0.25, 0.3) is 0 Å². The Bertz CT molecular complexity index is 518. The molecule has 0 bridgehead atoms. The van der Waals surface area contributed by atoms with Gasteiger partial charge in [-0.1, -0.05) is 0 Å². The summed E-state index contributed by atoms with van der Waals surface area (Å²) < 4.78 is 27.5. The minimum absolute atomic E-state index is 0. The molecule has 10 heteroatoms. The Morgan fingerprint density at radius 2 is 1.84 bits per heavy atom. The summed E-state index contributed by atoms with van der Waals surface area (Å²) in [4.78, 5) is 15.9. The van der Waals surface area contributed by atoms with Gasteiger partial charge in [-0.15, -0.1) is 24.0 Å². The van der Waals surface area contributed by atoms with Crippen molar-refractivity contribution in [1.29, 1.82) is 0 Å². The highest BCUT2D eigenvalue weighted by atomic mass is 127. The van der Waals surface area contributed by atoms with Gasteiger partial charge in [-0.25, -0.2) is 13.2 Å². The van der Waals surface area contributed by atoms with E-state index >= 15 is 0 Å². The van der Waals surface area contributed by atoms with E-state index in [1.54, 1.807) is 20.8 Å². The number of carbonyl (C=O) groups excluding carboxylic acids is 1. The van der Waals surface area contributed by atoms with Crippen molar-refractivity contribution in [2.75, 3.05) is 31.6 Å². The molecule has 0 fully saturated rings. The maximum atomic E-state index is 11.5. The zero-order chi connectivity index (χ0) is 18.8. The molecule has 0 aliphatic rings. The lowest BCUT2D eigenvalue weighted by molar-refractivity contribution is 0.0529. The lowest BCUT2D eigenvalue weighted by Gasteiger charge is -2.19. The highest BCUT2D eigenvalue weighted by molar-refractivity contribution is 14.0. The van der Waals surface area contributed by atoms with Crippen molar-refractivity contribution in [3.8, 4) is 0 Å². The number of hydrogen-bond donors (Lipinski definition) is 3. The standard InChI is InChI=1S/C15H32N4O4S.HI/c1-7-16-13(19-12(2)8-11-24(6,21)22)17-9-10-18-14(20)23-15(3,4)5;/h12H,7-11H2,1-6H3,(H,18,20)(H2,16,17,19);1H. The predicted octanol–water partition coefficient (Wildman–Crippen LogP) is 1.51. The number of alkyl carbamates (subject to hydrolysis) is 1. The Morgan fingerprint density at radius 3 is 2.32 bits per heavy atom. The van der Waals surface area contributed by atoms with E-state index in [4.69, 9.17) is 4.74 Å². The molecule has 8 nitrogen and oxygen atoms in total. The van der Waals surface area contributed by atoms with Crippen LogP contribution in [0, 0.1) is 0 Å². The van der Waals surface area contributed by atoms with Crippen molar-refractivity contribution in [1.82, 2.24) is 16.0 Å². The third-order valence-corrected chi connectivity index (χ3v) is 3.68. The van der Waals surface area contributed by atoms with E-state index in [-0.39, 0.29) is 35.8 Å². The molecule has 0 saturated carbocycles. The fraction of sp³-hybridized carbons (Fsp3) is 0.867. The molecular formula is C15H33IN4O4S. The summed E-state index contributed by atoms with van der Waals surface area (Å²) in [6, 6.07) is -0.0312. The van der Waals surface area contributed by atoms with Gasteiger partial charge in [0, 0.05) is 25.4 Å². The predicted molar refractivity (Wildman–Crippen MR) is 113 cm³/mol. The Morgan fingerprint density at radius 1 is 1.24 bits per heavy atom. The summed E-state index contributed by atoms with van der Waals surface area (Å²) in [7, 11) is -2.97. The Kier molecular flexibility index (Phi) is 13.3. The second-order valence-electron chi connectivity index (χ2n) is 6.65. The van der Waals surface area contributed by atoms with Gasteiger partial charge in [-0.3, -0.25) is 4.99 Å². The lowest BCUT2D eigenvalue weighted by Crippen LogP contribution is -2.43. The normalized spacial score (nSPS) is 13.4. The third kappa shape index (κ3) is 17.8. The van der Waals surface area contributed by atoms with Crippen molar-refractivity contribution >= 4 is 45.9 Å². The van der Waals surface area contributed by atoms with Crippen LogP contribution in [0.2, 0.25) is 0 Å². The van der Waals surface area contributed by atoms with E-state index in [2.05, 4.69) is 20.9 Å². The second-order valence-corrected chi connectivity index (χ2v) is 8.91. The first-order valence-corrected chi connectivity index (χ1v) is 10.2. The van der Waals surface area contributed by atoms with E-state index in [0.29, 0.717) is 32.0 Å². The van der Waals surface area contributed by atoms with E-state index in [9.17, 15) is 13.2 Å². The van der Waals surface area contributed by atoms with Gasteiger partial charge in [-0.05, 0) is 41.0 Å². The van der Waals surface area contributed by atoms with Gasteiger partial charge in [0.25, 0.3) is 0 Å². The fourth-order valence-electron chi connectivity index (χ4n) is 1.66. The van der Waals surface area contributed by atoms with Crippen LogP contribution in [0.3, 0.4) is 0 Å². The average molecular weight is 492 g/mol. The SMILES string of the molecule is CCNC(=NCCNC(=O)OC(C)(C)C)NC(C)CCS(C)(=O)=O.I. The van der Waals surface area contributed by atoms with Crippen molar-refractivity contribution in [2.24, 2.45) is 4.99 Å². The summed E-state index contributed by atoms with van der Waals surface area (Å²) in [5.41, 5.74) is -0.529. The van der Waals surface area contributed by atoms with Crippen molar-refractivity contribution in [3.05, 3.63) is 0 Å². The molecule has 0 aromatic carbocycles. The number of ether oxygens (including phenoxy) is 1. The monoisotopic (exact) mass is 492 g/mol. The smallest absolute Gasteiger partial charge is 0.407 e. The molecule has 0 aromatic rings. The van der Waals surface area contributed by atoms with Gasteiger partial charge in [0.2, 0.25) is 0 Å². The first-order chi connectivity index (χ1) is 10.9. The Balaban J connectivity index is 0. The van der Waals surface area contributed by atoms with Crippen molar-refractivity contribution < 1.29 is 17.9 Å². The van der Waals surface area contributed by atoms with Crippen LogP contribution >= 0.6 is 24.0 Å². The number of guanidine groups is 1. The van der Waals surface area contributed by atoms with Crippen LogP contribution < -0.4 is 16.0 Å². The van der Waals surface area contributed by atoms with Gasteiger partial charge in [0.15, 0.2) is 5.96 Å². The van der Waals surface area contributed by atoms with Gasteiger partial charge >= 0.3 is 6.09 Å². The Hall–Kier alpha value is -0.780. The summed E-state index contributed by atoms with van der Waals surface area (Å²) >= 11 is 0. The van der Waals surface area contributed by atoms with Crippen molar-refractivity contribution in [2.45, 2.75) is 52.7 Å². The van der Waals surface area contributed by atoms with Crippen LogP contribution in [0.4, 0.5) is 4.79 Å². The van der Waals surface area contributed by atoms with E-state index < -0.39 is 21.5 Å². The number of aliphatic imine (C=N–C) groups is 1. The summed E-state index contributed by atoms with van der Waals surface area (Å²) in [5, 5.41) is 8.86. The lowest BCUT2D eigenvalue weighted by atomic mass is 10.2. The van der Waals surface area contributed by atoms with Gasteiger partial charge in [-0.2, -0.15) is 0 Å². The van der Waals surface area contributed by atoms with Crippen LogP contribution in [-0.4, -0.2) is 63.8 Å². The minimum atomic E-state index is -2.97. The molecule has 1 amide bonds. The zero-order valence-electron chi connectivity index (χ0n) is 16.0. The van der Waals surface area contributed by atoms with Gasteiger partial charge in [0.05, 0.1) is 12.3 Å². The van der Waals surface area contributed by atoms with Gasteiger partial charge in [0.1, 0.15) is 15.4 Å². The maximum Gasteiger partial charge on any atom is 0.407 e. The van der Waals surface area contributed by atoms with Crippen LogP contribution in [0.5, 0.6) is 0 Å². The number of halogens is 1. The number of carbonyl (C=O) groups is 1. The number of nitrogens with zero attached hydrogens (tertiary/aromatic N) is 1.